The van der Waals surface area contributed by atoms with Crippen LogP contribution in [0, 0.1) is 11.3 Å². The van der Waals surface area contributed by atoms with Crippen LogP contribution in [0.25, 0.3) is 0 Å². The number of nitriles is 1. The van der Waals surface area contributed by atoms with E-state index >= 15 is 0 Å². The molecule has 1 aromatic carbocycles. The van der Waals surface area contributed by atoms with E-state index in [0.29, 0.717) is 34.7 Å². The summed E-state index contributed by atoms with van der Waals surface area (Å²) >= 11 is 6.20. The minimum absolute atomic E-state index is 0.131. The van der Waals surface area contributed by atoms with Gasteiger partial charge in [-0.15, -0.1) is 0 Å². The Morgan fingerprint density at radius 2 is 1.64 bits per heavy atom. The largest absolute Gasteiger partial charge is 0.472 e. The predicted molar refractivity (Wildman–Crippen MR) is 214 cm³/mol. The fraction of sp³-hybridized carbons (Fsp3) is 0.725. The number of hydrogen-bond acceptors (Lipinski definition) is 12. The van der Waals surface area contributed by atoms with Crippen molar-refractivity contribution >= 4 is 31.6 Å². The molecule has 1 saturated heterocycles. The van der Waals surface area contributed by atoms with Gasteiger partial charge >= 0.3 is 7.82 Å². The van der Waals surface area contributed by atoms with E-state index in [9.17, 15) is 24.9 Å². The van der Waals surface area contributed by atoms with Gasteiger partial charge in [-0.25, -0.2) is 9.56 Å². The van der Waals surface area contributed by atoms with Crippen LogP contribution in [0.15, 0.2) is 40.1 Å². The van der Waals surface area contributed by atoms with Crippen LogP contribution in [0.3, 0.4) is 0 Å². The Kier molecular flexibility index (Phi) is 19.1. The zero-order valence-electron chi connectivity index (χ0n) is 32.7. The number of nitrogens with two attached hydrogens (primary N) is 1. The van der Waals surface area contributed by atoms with E-state index in [0.717, 1.165) is 19.3 Å². The Morgan fingerprint density at radius 3 is 2.25 bits per heavy atom. The molecule has 4 rings (SSSR count). The lowest BCUT2D eigenvalue weighted by Gasteiger charge is -2.32. The highest BCUT2D eigenvalue weighted by Crippen LogP contribution is 2.47. The second-order valence-corrected chi connectivity index (χ2v) is 17.2. The van der Waals surface area contributed by atoms with E-state index in [-0.39, 0.29) is 19.0 Å². The van der Waals surface area contributed by atoms with Crippen LogP contribution < -0.4 is 5.73 Å². The average Bonchev–Trinajstić information content (AvgIpc) is 3.70. The molecule has 0 aliphatic carbocycles. The van der Waals surface area contributed by atoms with Gasteiger partial charge in [0.05, 0.1) is 49.3 Å². The van der Waals surface area contributed by atoms with Gasteiger partial charge in [0.15, 0.2) is 5.84 Å². The van der Waals surface area contributed by atoms with Crippen LogP contribution in [0.5, 0.6) is 0 Å². The second-order valence-electron chi connectivity index (χ2n) is 15.3. The lowest BCUT2D eigenvalue weighted by molar-refractivity contribution is -0.110. The summed E-state index contributed by atoms with van der Waals surface area (Å²) in [5.41, 5.74) is 6.15. The number of benzene rings is 1. The van der Waals surface area contributed by atoms with Gasteiger partial charge in [-0.1, -0.05) is 127 Å². The standard InChI is InChI=1S/C40H63ClN5O8P/c1-3-4-5-6-7-8-9-10-11-12-13-14-15-16-17-18-19-33(51-26-31-22-30(25-42)23-32(41)24-31)27-52-55(49,50)53-28-40(2)38(48)36(47)37(54-40)34-20-21-35-39(43)44-29-45-46(34)35/h21-24,29,33-34,36-38,47-48H,3-20,26-28H2,1-2H3,(H,49,50)(H2,43,44,45)/t33-,34?,36-,37-,38-,40+/m0/s1. The molecule has 55 heavy (non-hydrogen) atoms. The number of unbranched alkanes of at least 4 members (excludes halogenated alkanes) is 15. The van der Waals surface area contributed by atoms with E-state index in [1.165, 1.54) is 96.7 Å². The first-order valence-electron chi connectivity index (χ1n) is 20.3. The van der Waals surface area contributed by atoms with Gasteiger partial charge in [-0.05, 0) is 43.5 Å². The molecule has 2 unspecified atom stereocenters. The average molecular weight is 808 g/mol. The number of halogens is 1. The van der Waals surface area contributed by atoms with Gasteiger partial charge in [-0.2, -0.15) is 10.4 Å². The topological polar surface area (TPSA) is 192 Å². The third-order valence-electron chi connectivity index (χ3n) is 10.7. The smallest absolute Gasteiger partial charge is 0.387 e. The lowest BCUT2D eigenvalue weighted by atomic mass is 9.95. The Labute approximate surface area is 332 Å². The zero-order chi connectivity index (χ0) is 39.7. The molecule has 3 aliphatic heterocycles. The molecular formula is C40H63ClN5O8P. The van der Waals surface area contributed by atoms with Crippen molar-refractivity contribution in [1.82, 2.24) is 5.01 Å². The highest BCUT2D eigenvalue weighted by Gasteiger charge is 2.56. The van der Waals surface area contributed by atoms with Gasteiger partial charge in [0.2, 0.25) is 0 Å². The monoisotopic (exact) mass is 807 g/mol. The molecule has 1 aromatic rings. The van der Waals surface area contributed by atoms with Crippen molar-refractivity contribution in [2.75, 3.05) is 13.2 Å². The van der Waals surface area contributed by atoms with Gasteiger partial charge in [0, 0.05) is 5.02 Å². The molecule has 3 heterocycles. The Morgan fingerprint density at radius 1 is 1.02 bits per heavy atom. The van der Waals surface area contributed by atoms with Gasteiger partial charge < -0.3 is 30.3 Å². The maximum Gasteiger partial charge on any atom is 0.472 e. The number of hydrogen-bond donors (Lipinski definition) is 4. The van der Waals surface area contributed by atoms with Crippen LogP contribution >= 0.6 is 19.4 Å². The number of phosphoric ester groups is 1. The number of ether oxygens (including phenoxy) is 2. The summed E-state index contributed by atoms with van der Waals surface area (Å²) in [6.45, 7) is 3.14. The van der Waals surface area contributed by atoms with Crippen LogP contribution in [-0.2, 0) is 29.7 Å². The molecule has 0 spiro atoms. The molecule has 0 aromatic heterocycles. The fourth-order valence-corrected chi connectivity index (χ4v) is 8.55. The molecule has 13 nitrogen and oxygen atoms in total. The van der Waals surface area contributed by atoms with Crippen molar-refractivity contribution in [3.05, 3.63) is 46.1 Å². The van der Waals surface area contributed by atoms with Crippen LogP contribution in [-0.4, -0.2) is 81.6 Å². The number of aliphatic imine (C=N–C) groups is 1. The van der Waals surface area contributed by atoms with E-state index in [1.807, 2.05) is 6.08 Å². The van der Waals surface area contributed by atoms with Crippen LogP contribution in [0.2, 0.25) is 5.02 Å². The summed E-state index contributed by atoms with van der Waals surface area (Å²) in [5.74, 6) is 0.284. The molecule has 15 heteroatoms. The van der Waals surface area contributed by atoms with E-state index in [2.05, 4.69) is 23.1 Å². The Hall–Kier alpha value is -2.37. The van der Waals surface area contributed by atoms with E-state index in [1.54, 1.807) is 23.2 Å². The molecule has 0 amide bonds. The summed E-state index contributed by atoms with van der Waals surface area (Å²) in [4.78, 5) is 14.7. The summed E-state index contributed by atoms with van der Waals surface area (Å²) < 4.78 is 36.2. The Bertz CT molecular complexity index is 1520. The number of amidine groups is 1. The van der Waals surface area contributed by atoms with Crippen LogP contribution in [0.4, 0.5) is 0 Å². The van der Waals surface area contributed by atoms with Gasteiger partial charge in [0.25, 0.3) is 0 Å². The van der Waals surface area contributed by atoms with Crippen molar-refractivity contribution in [3.63, 3.8) is 0 Å². The number of aliphatic hydroxyl groups is 2. The molecule has 0 radical (unpaired) electrons. The number of nitrogens with zero attached hydrogens (tertiary/aromatic N) is 4. The number of hydrazone groups is 1. The summed E-state index contributed by atoms with van der Waals surface area (Å²) in [6, 6.07) is 6.59. The number of phosphoric acid groups is 1. The summed E-state index contributed by atoms with van der Waals surface area (Å²) in [6.07, 6.45) is 20.1. The fourth-order valence-electron chi connectivity index (χ4n) is 7.45. The molecule has 0 saturated carbocycles. The molecule has 7 atom stereocenters. The molecule has 308 valence electrons. The van der Waals surface area contributed by atoms with Crippen molar-refractivity contribution in [1.29, 1.82) is 5.26 Å². The third kappa shape index (κ3) is 14.5. The zero-order valence-corrected chi connectivity index (χ0v) is 34.3. The van der Waals surface area contributed by atoms with Crippen molar-refractivity contribution in [2.24, 2.45) is 15.8 Å². The number of rotatable bonds is 27. The van der Waals surface area contributed by atoms with Gasteiger partial charge in [-0.3, -0.25) is 14.1 Å². The predicted octanol–water partition coefficient (Wildman–Crippen LogP) is 8.03. The van der Waals surface area contributed by atoms with E-state index < -0.39 is 50.5 Å². The first kappa shape index (κ1) is 45.3. The summed E-state index contributed by atoms with van der Waals surface area (Å²) in [5, 5.41) is 37.5. The number of aliphatic hydroxyl groups excluding tert-OH is 2. The minimum Gasteiger partial charge on any atom is -0.387 e. The molecule has 0 bridgehead atoms. The molecule has 3 aliphatic rings. The van der Waals surface area contributed by atoms with Crippen molar-refractivity contribution < 1.29 is 38.2 Å². The summed E-state index contributed by atoms with van der Waals surface area (Å²) in [7, 11) is -4.65. The normalized spacial score (nSPS) is 25.0. The highest BCUT2D eigenvalue weighted by molar-refractivity contribution is 7.47. The lowest BCUT2D eigenvalue weighted by Crippen LogP contribution is -2.46. The molecule has 5 N–H and O–H groups in total. The number of fused-ring (bicyclic) bond motifs is 1. The maximum atomic E-state index is 13.1. The van der Waals surface area contributed by atoms with Crippen molar-refractivity contribution in [2.45, 2.75) is 172 Å². The van der Waals surface area contributed by atoms with Crippen molar-refractivity contribution in [3.8, 4) is 6.07 Å². The molecule has 1 fully saturated rings. The first-order valence-corrected chi connectivity index (χ1v) is 22.2. The highest BCUT2D eigenvalue weighted by atomic mass is 35.5. The first-order chi connectivity index (χ1) is 26.5. The van der Waals surface area contributed by atoms with Crippen LogP contribution in [0.1, 0.15) is 141 Å². The second kappa shape index (κ2) is 23.1. The van der Waals surface area contributed by atoms with Gasteiger partial charge in [0.1, 0.15) is 30.3 Å². The third-order valence-corrected chi connectivity index (χ3v) is 11.9. The van der Waals surface area contributed by atoms with E-state index in [4.69, 9.17) is 35.9 Å². The molecular weight excluding hydrogens is 745 g/mol. The maximum absolute atomic E-state index is 13.1. The quantitative estimate of drug-likeness (QED) is 0.0497. The Balaban J connectivity index is 1.20. The SMILES string of the molecule is CCCCCCCCCCCCCCCCCC[C@@H](COP(=O)(O)OC[C@@]1(C)O[C@@H](C2CC=C3C(N)=NC=NN32)[C@H](O)[C@@H]1O)OCc1cc(Cl)cc(C#N)c1. The minimum atomic E-state index is -4.65.